The Kier molecular flexibility index (Phi) is 5.80. The first kappa shape index (κ1) is 19.8. The van der Waals surface area contributed by atoms with E-state index in [0.717, 1.165) is 12.8 Å². The van der Waals surface area contributed by atoms with Crippen molar-refractivity contribution in [2.75, 3.05) is 44.7 Å². The maximum Gasteiger partial charge on any atom is 0.407 e. The summed E-state index contributed by atoms with van der Waals surface area (Å²) in [5, 5.41) is 21.1. The zero-order chi connectivity index (χ0) is 26.1. The maximum absolute atomic E-state index is 11.7. The lowest BCUT2D eigenvalue weighted by molar-refractivity contribution is -0.385. The highest BCUT2D eigenvalue weighted by molar-refractivity contribution is 5.73. The van der Waals surface area contributed by atoms with E-state index in [-0.39, 0.29) is 23.2 Å². The summed E-state index contributed by atoms with van der Waals surface area (Å²) in [5.74, 6) is -0.296. The average molecular weight is 450 g/mol. The molecule has 1 amide bonds. The van der Waals surface area contributed by atoms with Gasteiger partial charge in [-0.3, -0.25) is 15.0 Å². The van der Waals surface area contributed by atoms with Gasteiger partial charge in [-0.15, -0.1) is 0 Å². The van der Waals surface area contributed by atoms with Gasteiger partial charge in [-0.05, 0) is 18.3 Å². The number of hydrogen-bond donors (Lipinski definition) is 1. The van der Waals surface area contributed by atoms with Gasteiger partial charge in [0.25, 0.3) is 0 Å². The summed E-state index contributed by atoms with van der Waals surface area (Å²) < 4.78 is 27.1. The summed E-state index contributed by atoms with van der Waals surface area (Å²) in [7, 11) is -2.81. The lowest BCUT2D eigenvalue weighted by Crippen LogP contribution is -2.62. The second-order valence-electron chi connectivity index (χ2n) is 9.51. The monoisotopic (exact) mass is 449 g/mol. The molecule has 0 radical (unpaired) electrons. The van der Waals surface area contributed by atoms with Crippen molar-refractivity contribution in [3.63, 3.8) is 0 Å². The Bertz CT molecular complexity index is 971. The molecule has 1 aromatic carbocycles. The number of carboxylic acid groups (broad SMARTS) is 1. The molecule has 0 bridgehead atoms. The van der Waals surface area contributed by atoms with Crippen molar-refractivity contribution in [3.8, 4) is 5.75 Å². The van der Waals surface area contributed by atoms with Gasteiger partial charge >= 0.3 is 11.8 Å². The molecule has 0 aliphatic carbocycles. The van der Waals surface area contributed by atoms with Crippen molar-refractivity contribution in [3.05, 3.63) is 34.4 Å². The molecule has 1 unspecified atom stereocenters. The predicted molar refractivity (Wildman–Crippen MR) is 125 cm³/mol. The van der Waals surface area contributed by atoms with Gasteiger partial charge in [0.1, 0.15) is 0 Å². The van der Waals surface area contributed by atoms with Crippen LogP contribution in [0, 0.1) is 15.5 Å². The van der Waals surface area contributed by atoms with Gasteiger partial charge in [0.2, 0.25) is 0 Å². The van der Waals surface area contributed by atoms with E-state index in [1.807, 2.05) is 0 Å². The SMILES string of the molecule is [2H]C([2H])([2H])Oc1cc(N2CCC(N3CCN(C(=O)O)C(C(C)(C)C)C3)CC2)c(C=C)cc1[N+](=O)[O-]. The summed E-state index contributed by atoms with van der Waals surface area (Å²) in [4.78, 5) is 28.6. The summed E-state index contributed by atoms with van der Waals surface area (Å²) in [6, 6.07) is 2.90. The van der Waals surface area contributed by atoms with Crippen molar-refractivity contribution in [2.24, 2.45) is 5.41 Å². The molecule has 0 aromatic heterocycles. The number of nitro groups is 1. The van der Waals surface area contributed by atoms with Gasteiger partial charge in [0.05, 0.1) is 22.1 Å². The van der Waals surface area contributed by atoms with E-state index in [1.54, 1.807) is 4.90 Å². The highest BCUT2D eigenvalue weighted by Crippen LogP contribution is 2.37. The van der Waals surface area contributed by atoms with Crippen LogP contribution in [0.2, 0.25) is 0 Å². The highest BCUT2D eigenvalue weighted by atomic mass is 16.6. The van der Waals surface area contributed by atoms with Crippen molar-refractivity contribution in [2.45, 2.75) is 45.7 Å². The number of rotatable bonds is 5. The Hall–Kier alpha value is -2.81. The molecule has 1 aromatic rings. The van der Waals surface area contributed by atoms with Gasteiger partial charge in [0, 0.05) is 62.1 Å². The number of hydrogen-bond acceptors (Lipinski definition) is 6. The largest absolute Gasteiger partial charge is 0.490 e. The molecule has 2 saturated heterocycles. The molecule has 9 nitrogen and oxygen atoms in total. The summed E-state index contributed by atoms with van der Waals surface area (Å²) in [6.07, 6.45) is 2.29. The van der Waals surface area contributed by atoms with Crippen molar-refractivity contribution < 1.29 is 23.7 Å². The number of carbonyl (C=O) groups is 1. The van der Waals surface area contributed by atoms with Gasteiger partial charge in [-0.1, -0.05) is 33.4 Å². The first-order valence-corrected chi connectivity index (χ1v) is 10.8. The van der Waals surface area contributed by atoms with Gasteiger partial charge < -0.3 is 19.6 Å². The lowest BCUT2D eigenvalue weighted by atomic mass is 9.83. The number of amides is 1. The molecule has 176 valence electrons. The number of piperazine rings is 1. The molecule has 2 heterocycles. The first-order chi connectivity index (χ1) is 16.2. The Morgan fingerprint density at radius 1 is 1.31 bits per heavy atom. The Morgan fingerprint density at radius 3 is 2.53 bits per heavy atom. The number of benzene rings is 1. The predicted octanol–water partition coefficient (Wildman–Crippen LogP) is 3.93. The van der Waals surface area contributed by atoms with Crippen LogP contribution in [-0.4, -0.2) is 77.8 Å². The van der Waals surface area contributed by atoms with Crippen LogP contribution in [0.1, 0.15) is 43.3 Å². The average Bonchev–Trinajstić information content (AvgIpc) is 2.76. The molecular weight excluding hydrogens is 412 g/mol. The summed E-state index contributed by atoms with van der Waals surface area (Å²) >= 11 is 0. The second-order valence-corrected chi connectivity index (χ2v) is 9.51. The van der Waals surface area contributed by atoms with Crippen molar-refractivity contribution in [1.29, 1.82) is 0 Å². The van der Waals surface area contributed by atoms with E-state index in [1.165, 1.54) is 18.2 Å². The Balaban J connectivity index is 1.77. The van der Waals surface area contributed by atoms with Crippen LogP contribution in [0.5, 0.6) is 5.75 Å². The normalized spacial score (nSPS) is 22.6. The van der Waals surface area contributed by atoms with E-state index in [9.17, 15) is 20.0 Å². The fourth-order valence-corrected chi connectivity index (χ4v) is 4.81. The van der Waals surface area contributed by atoms with Crippen LogP contribution < -0.4 is 9.64 Å². The molecule has 9 heteroatoms. The number of nitrogens with zero attached hydrogens (tertiary/aromatic N) is 4. The van der Waals surface area contributed by atoms with Crippen LogP contribution >= 0.6 is 0 Å². The minimum Gasteiger partial charge on any atom is -0.490 e. The van der Waals surface area contributed by atoms with Crippen molar-refractivity contribution >= 4 is 23.5 Å². The third kappa shape index (κ3) is 4.82. The molecule has 2 aliphatic heterocycles. The second kappa shape index (κ2) is 9.36. The van der Waals surface area contributed by atoms with Crippen LogP contribution in [0.3, 0.4) is 0 Å². The zero-order valence-electron chi connectivity index (χ0n) is 21.9. The number of ether oxygens (including phenoxy) is 1. The zero-order valence-corrected chi connectivity index (χ0v) is 18.9. The van der Waals surface area contributed by atoms with Gasteiger partial charge in [0.15, 0.2) is 5.75 Å². The van der Waals surface area contributed by atoms with Crippen LogP contribution in [-0.2, 0) is 0 Å². The molecule has 2 fully saturated rings. The third-order valence-electron chi connectivity index (χ3n) is 6.61. The molecule has 3 rings (SSSR count). The van der Waals surface area contributed by atoms with Crippen LogP contribution in [0.4, 0.5) is 16.2 Å². The van der Waals surface area contributed by atoms with Crippen LogP contribution in [0.15, 0.2) is 18.7 Å². The van der Waals surface area contributed by atoms with Gasteiger partial charge in [-0.25, -0.2) is 4.79 Å². The number of piperidine rings is 1. The molecular formula is C23H34N4O5. The first-order valence-electron chi connectivity index (χ1n) is 12.3. The Morgan fingerprint density at radius 2 is 2.00 bits per heavy atom. The molecule has 2 aliphatic rings. The van der Waals surface area contributed by atoms with E-state index in [2.05, 4.69) is 37.1 Å². The topological polar surface area (TPSA) is 99.4 Å². The molecule has 0 saturated carbocycles. The quantitative estimate of drug-likeness (QED) is 0.537. The summed E-state index contributed by atoms with van der Waals surface area (Å²) in [6.45, 7) is 13.1. The van der Waals surface area contributed by atoms with Gasteiger partial charge in [-0.2, -0.15) is 0 Å². The minimum absolute atomic E-state index is 0.103. The van der Waals surface area contributed by atoms with E-state index < -0.39 is 23.7 Å². The van der Waals surface area contributed by atoms with E-state index in [0.29, 0.717) is 44.0 Å². The van der Waals surface area contributed by atoms with Crippen LogP contribution in [0.25, 0.3) is 6.08 Å². The highest BCUT2D eigenvalue weighted by Gasteiger charge is 2.40. The Labute approximate surface area is 193 Å². The standard InChI is InChI=1S/C23H34N4O5/c1-6-16-13-19(27(30)31)20(32-5)14-18(16)24-9-7-17(8-10-24)25-11-12-26(22(28)29)21(15-25)23(2,3)4/h6,13-14,17,21H,1,7-12,15H2,2-5H3,(H,28,29)/i5D3. The number of nitro benzene ring substituents is 1. The smallest absolute Gasteiger partial charge is 0.407 e. The number of methoxy groups -OCH3 is 1. The molecule has 32 heavy (non-hydrogen) atoms. The minimum atomic E-state index is -2.81. The molecule has 0 spiro atoms. The third-order valence-corrected chi connectivity index (χ3v) is 6.61. The maximum atomic E-state index is 11.7. The van der Waals surface area contributed by atoms with E-state index in [4.69, 9.17) is 8.85 Å². The molecule has 1 atom stereocenters. The molecule has 1 N–H and O–H groups in total. The lowest BCUT2D eigenvalue weighted by Gasteiger charge is -2.49. The fourth-order valence-electron chi connectivity index (χ4n) is 4.81. The summed E-state index contributed by atoms with van der Waals surface area (Å²) in [5.41, 5.74) is 0.579. The van der Waals surface area contributed by atoms with Crippen molar-refractivity contribution in [1.82, 2.24) is 9.80 Å². The van der Waals surface area contributed by atoms with E-state index >= 15 is 0 Å². The number of anilines is 1. The fraction of sp³-hybridized carbons (Fsp3) is 0.609.